The van der Waals surface area contributed by atoms with Gasteiger partial charge in [0.1, 0.15) is 0 Å². The van der Waals surface area contributed by atoms with Crippen LogP contribution >= 0.6 is 11.6 Å². The first kappa shape index (κ1) is 14.3. The van der Waals surface area contributed by atoms with Gasteiger partial charge in [0, 0.05) is 13.1 Å². The molecule has 5 nitrogen and oxygen atoms in total. The third-order valence-electron chi connectivity index (χ3n) is 4.07. The monoisotopic (exact) mass is 284 g/mol. The molecule has 0 aliphatic carbocycles. The highest BCUT2D eigenvalue weighted by Gasteiger charge is 2.36. The van der Waals surface area contributed by atoms with Crippen molar-refractivity contribution in [2.45, 2.75) is 40.0 Å². The van der Waals surface area contributed by atoms with Gasteiger partial charge in [-0.2, -0.15) is 15.0 Å². The molecule has 0 saturated carbocycles. The lowest BCUT2D eigenvalue weighted by Crippen LogP contribution is -2.27. The van der Waals surface area contributed by atoms with E-state index in [4.69, 9.17) is 16.3 Å². The first-order valence-corrected chi connectivity index (χ1v) is 7.29. The molecule has 1 fully saturated rings. The zero-order valence-corrected chi connectivity index (χ0v) is 12.6. The maximum atomic E-state index is 5.93. The number of rotatable bonds is 5. The first-order chi connectivity index (χ1) is 9.12. The molecule has 2 rings (SSSR count). The number of hydrogen-bond acceptors (Lipinski definition) is 5. The third kappa shape index (κ3) is 3.08. The molecule has 19 heavy (non-hydrogen) atoms. The van der Waals surface area contributed by atoms with Crippen molar-refractivity contribution < 1.29 is 4.74 Å². The van der Waals surface area contributed by atoms with E-state index < -0.39 is 0 Å². The van der Waals surface area contributed by atoms with Crippen LogP contribution in [0.1, 0.15) is 40.0 Å². The predicted octanol–water partition coefficient (Wildman–Crippen LogP) is 2.94. The Kier molecular flexibility index (Phi) is 4.45. The van der Waals surface area contributed by atoms with E-state index in [0.717, 1.165) is 13.1 Å². The Morgan fingerprint density at radius 3 is 2.53 bits per heavy atom. The third-order valence-corrected chi connectivity index (χ3v) is 4.24. The van der Waals surface area contributed by atoms with Crippen LogP contribution in [0.3, 0.4) is 0 Å². The minimum Gasteiger partial charge on any atom is -0.464 e. The Balaban J connectivity index is 2.19. The van der Waals surface area contributed by atoms with E-state index in [1.165, 1.54) is 19.3 Å². The van der Waals surface area contributed by atoms with Gasteiger partial charge in [-0.05, 0) is 43.2 Å². The van der Waals surface area contributed by atoms with Gasteiger partial charge in [-0.25, -0.2) is 0 Å². The second-order valence-electron chi connectivity index (χ2n) is 5.00. The van der Waals surface area contributed by atoms with Gasteiger partial charge >= 0.3 is 6.01 Å². The van der Waals surface area contributed by atoms with Gasteiger partial charge in [0.05, 0.1) is 6.61 Å². The lowest BCUT2D eigenvalue weighted by Gasteiger charge is -2.26. The first-order valence-electron chi connectivity index (χ1n) is 6.92. The average Bonchev–Trinajstić information content (AvgIpc) is 2.84. The summed E-state index contributed by atoms with van der Waals surface area (Å²) < 4.78 is 5.32. The number of halogens is 1. The molecule has 0 amide bonds. The van der Waals surface area contributed by atoms with E-state index in [1.807, 2.05) is 6.92 Å². The van der Waals surface area contributed by atoms with Crippen molar-refractivity contribution in [1.82, 2.24) is 15.0 Å². The van der Waals surface area contributed by atoms with E-state index in [-0.39, 0.29) is 5.28 Å². The Morgan fingerprint density at radius 1 is 1.21 bits per heavy atom. The molecular formula is C13H21ClN4O. The van der Waals surface area contributed by atoms with Crippen LogP contribution in [-0.2, 0) is 0 Å². The lowest BCUT2D eigenvalue weighted by molar-refractivity contribution is 0.300. The highest BCUT2D eigenvalue weighted by molar-refractivity contribution is 6.28. The Labute approximate surface area is 119 Å². The Hall–Kier alpha value is -1.10. The van der Waals surface area contributed by atoms with E-state index in [2.05, 4.69) is 33.7 Å². The Morgan fingerprint density at radius 2 is 1.95 bits per heavy atom. The number of anilines is 1. The van der Waals surface area contributed by atoms with Gasteiger partial charge in [-0.1, -0.05) is 13.8 Å². The summed E-state index contributed by atoms with van der Waals surface area (Å²) >= 11 is 5.93. The highest BCUT2D eigenvalue weighted by atomic mass is 35.5. The highest BCUT2D eigenvalue weighted by Crippen LogP contribution is 2.38. The van der Waals surface area contributed by atoms with Crippen LogP contribution in [0, 0.1) is 5.41 Å². The molecule has 0 N–H and O–H groups in total. The molecule has 1 aromatic rings. The molecule has 2 heterocycles. The summed E-state index contributed by atoms with van der Waals surface area (Å²) in [6.45, 7) is 8.86. The number of nitrogens with zero attached hydrogens (tertiary/aromatic N) is 4. The van der Waals surface area contributed by atoms with Gasteiger partial charge in [-0.15, -0.1) is 0 Å². The molecule has 1 aliphatic rings. The molecule has 0 bridgehead atoms. The molecule has 0 atom stereocenters. The van der Waals surface area contributed by atoms with Crippen molar-refractivity contribution in [3.05, 3.63) is 5.28 Å². The summed E-state index contributed by atoms with van der Waals surface area (Å²) in [5.74, 6) is 0.632. The van der Waals surface area contributed by atoms with Crippen LogP contribution in [-0.4, -0.2) is 34.6 Å². The molecule has 0 aromatic carbocycles. The van der Waals surface area contributed by atoms with Crippen molar-refractivity contribution in [2.75, 3.05) is 24.6 Å². The van der Waals surface area contributed by atoms with Crippen molar-refractivity contribution in [3.8, 4) is 6.01 Å². The van der Waals surface area contributed by atoms with Crippen LogP contribution in [0.25, 0.3) is 0 Å². The molecule has 106 valence electrons. The van der Waals surface area contributed by atoms with Gasteiger partial charge in [0.25, 0.3) is 0 Å². The molecule has 0 spiro atoms. The Bertz CT molecular complexity index is 437. The second kappa shape index (κ2) is 5.90. The maximum Gasteiger partial charge on any atom is 0.322 e. The van der Waals surface area contributed by atoms with Crippen molar-refractivity contribution in [3.63, 3.8) is 0 Å². The summed E-state index contributed by atoms with van der Waals surface area (Å²) in [5, 5.41) is 0.193. The van der Waals surface area contributed by atoms with Gasteiger partial charge < -0.3 is 9.64 Å². The molecule has 1 saturated heterocycles. The second-order valence-corrected chi connectivity index (χ2v) is 5.34. The van der Waals surface area contributed by atoms with Crippen LogP contribution in [0.15, 0.2) is 0 Å². The molecule has 0 unspecified atom stereocenters. The lowest BCUT2D eigenvalue weighted by atomic mass is 9.82. The van der Waals surface area contributed by atoms with Crippen LogP contribution in [0.2, 0.25) is 5.28 Å². The van der Waals surface area contributed by atoms with Gasteiger partial charge in [0.2, 0.25) is 11.2 Å². The molecule has 0 radical (unpaired) electrons. The van der Waals surface area contributed by atoms with E-state index >= 15 is 0 Å². The van der Waals surface area contributed by atoms with E-state index in [1.54, 1.807) is 0 Å². The smallest absolute Gasteiger partial charge is 0.322 e. The van der Waals surface area contributed by atoms with Crippen LogP contribution in [0.4, 0.5) is 5.95 Å². The standard InChI is InChI=1S/C13H21ClN4O/c1-4-13(5-2)7-8-18(9-13)11-15-10(14)16-12(17-11)19-6-3/h4-9H2,1-3H3. The summed E-state index contributed by atoms with van der Waals surface area (Å²) in [6, 6.07) is 0.308. The van der Waals surface area contributed by atoms with Gasteiger partial charge in [-0.3, -0.25) is 0 Å². The topological polar surface area (TPSA) is 51.1 Å². The largest absolute Gasteiger partial charge is 0.464 e. The zero-order valence-electron chi connectivity index (χ0n) is 11.8. The summed E-state index contributed by atoms with van der Waals surface area (Å²) in [7, 11) is 0. The summed E-state index contributed by atoms with van der Waals surface area (Å²) in [6.07, 6.45) is 3.53. The molecule has 1 aliphatic heterocycles. The maximum absolute atomic E-state index is 5.93. The number of hydrogen-bond donors (Lipinski definition) is 0. The van der Waals surface area contributed by atoms with Crippen molar-refractivity contribution in [1.29, 1.82) is 0 Å². The van der Waals surface area contributed by atoms with Gasteiger partial charge in [0.15, 0.2) is 0 Å². The van der Waals surface area contributed by atoms with Crippen LogP contribution < -0.4 is 9.64 Å². The fourth-order valence-electron chi connectivity index (χ4n) is 2.59. The minimum atomic E-state index is 0.193. The number of ether oxygens (including phenoxy) is 1. The molecule has 6 heteroatoms. The molecular weight excluding hydrogens is 264 g/mol. The number of aromatic nitrogens is 3. The van der Waals surface area contributed by atoms with Crippen molar-refractivity contribution in [2.24, 2.45) is 5.41 Å². The summed E-state index contributed by atoms with van der Waals surface area (Å²) in [4.78, 5) is 14.7. The summed E-state index contributed by atoms with van der Waals surface area (Å²) in [5.41, 5.74) is 0.380. The fourth-order valence-corrected chi connectivity index (χ4v) is 2.74. The quantitative estimate of drug-likeness (QED) is 0.832. The SMILES string of the molecule is CCOc1nc(Cl)nc(N2CCC(CC)(CC)C2)n1. The normalized spacial score (nSPS) is 17.8. The predicted molar refractivity (Wildman–Crippen MR) is 75.9 cm³/mol. The average molecular weight is 285 g/mol. The van der Waals surface area contributed by atoms with E-state index in [9.17, 15) is 0 Å². The fraction of sp³-hybridized carbons (Fsp3) is 0.769. The minimum absolute atomic E-state index is 0.193. The molecule has 1 aromatic heterocycles. The van der Waals surface area contributed by atoms with Crippen molar-refractivity contribution >= 4 is 17.5 Å². The van der Waals surface area contributed by atoms with Crippen LogP contribution in [0.5, 0.6) is 6.01 Å². The zero-order chi connectivity index (χ0) is 13.9. The van der Waals surface area contributed by atoms with E-state index in [0.29, 0.717) is 24.0 Å².